The third kappa shape index (κ3) is 43.0. The monoisotopic (exact) mass is 947 g/mol. The standard InChI is InChI=1S/C37H66N2O.2C7H16.C4H8O.4C2H6/c1-5-28-39(29-6-2)36(37(40)33-22-17-23-33)26-25-35(32-20-16-21-32)38-27-14-12-10-8-7-9-11-13-24-34(30(3)4)31-18-15-19-31;1-4-6-7(3)5-2;1-3-5-7-6-4-2;1-3-4(2)5;4*1-2/h30,33,36,38H,5-29H2,1-4H3;7H,4-6H2,1-3H3;3-7H2,1-2H3;5H,2-3H2,1H3;4*1-2H3. The molecule has 0 aromatic carbocycles. The van der Waals surface area contributed by atoms with Gasteiger partial charge in [0.15, 0.2) is 5.78 Å². The van der Waals surface area contributed by atoms with Crippen LogP contribution in [0.25, 0.3) is 0 Å². The van der Waals surface area contributed by atoms with E-state index >= 15 is 0 Å². The summed E-state index contributed by atoms with van der Waals surface area (Å²) in [6.45, 7) is 44.9. The number of allylic oxidation sites excluding steroid dienone is 5. The molecular formula is C63H130N2O2. The molecule has 4 heteroatoms. The topological polar surface area (TPSA) is 52.6 Å². The zero-order valence-corrected chi connectivity index (χ0v) is 49.9. The van der Waals surface area contributed by atoms with Crippen molar-refractivity contribution in [2.75, 3.05) is 19.6 Å². The van der Waals surface area contributed by atoms with Crippen molar-refractivity contribution >= 4 is 5.78 Å². The quantitative estimate of drug-likeness (QED) is 0.0413. The van der Waals surface area contributed by atoms with Crippen molar-refractivity contribution in [1.29, 1.82) is 0 Å². The first-order valence-electron chi connectivity index (χ1n) is 30.3. The molecule has 67 heavy (non-hydrogen) atoms. The minimum absolute atomic E-state index is 0.134. The van der Waals surface area contributed by atoms with E-state index in [1.165, 1.54) is 160 Å². The second kappa shape index (κ2) is 58.8. The number of nitrogens with zero attached hydrogens (tertiary/aromatic N) is 1. The van der Waals surface area contributed by atoms with Gasteiger partial charge in [-0.25, -0.2) is 0 Å². The maximum absolute atomic E-state index is 13.4. The first-order valence-corrected chi connectivity index (χ1v) is 30.3. The number of carbonyl (C=O) groups is 1. The van der Waals surface area contributed by atoms with E-state index in [9.17, 15) is 4.79 Å². The highest BCUT2D eigenvalue weighted by Gasteiger charge is 2.34. The average Bonchev–Trinajstić information content (AvgIpc) is 3.29. The molecule has 3 aliphatic carbocycles. The van der Waals surface area contributed by atoms with Gasteiger partial charge < -0.3 is 10.4 Å². The van der Waals surface area contributed by atoms with E-state index in [1.807, 2.05) is 62.3 Å². The molecule has 2 unspecified atom stereocenters. The van der Waals surface area contributed by atoms with E-state index in [0.717, 1.165) is 70.0 Å². The summed E-state index contributed by atoms with van der Waals surface area (Å²) < 4.78 is 0. The largest absolute Gasteiger partial charge is 0.513 e. The second-order valence-electron chi connectivity index (χ2n) is 19.0. The predicted molar refractivity (Wildman–Crippen MR) is 310 cm³/mol. The van der Waals surface area contributed by atoms with E-state index in [-0.39, 0.29) is 11.8 Å². The smallest absolute Gasteiger partial charge is 0.153 e. The zero-order chi connectivity index (χ0) is 52.1. The van der Waals surface area contributed by atoms with E-state index in [1.54, 1.807) is 16.7 Å². The molecule has 2 atom stereocenters. The van der Waals surface area contributed by atoms with Crippen molar-refractivity contribution < 1.29 is 9.90 Å². The fraction of sp³-hybridized carbons (Fsp3) is 0.889. The predicted octanol–water partition coefficient (Wildman–Crippen LogP) is 21.7. The van der Waals surface area contributed by atoms with Gasteiger partial charge >= 0.3 is 0 Å². The minimum atomic E-state index is 0.134. The molecule has 3 aliphatic rings. The van der Waals surface area contributed by atoms with Crippen LogP contribution in [0.4, 0.5) is 0 Å². The Hall–Kier alpha value is -1.55. The van der Waals surface area contributed by atoms with Crippen molar-refractivity contribution in [1.82, 2.24) is 10.2 Å². The maximum atomic E-state index is 13.4. The summed E-state index contributed by atoms with van der Waals surface area (Å²) in [6, 6.07) is 0.134. The van der Waals surface area contributed by atoms with E-state index < -0.39 is 0 Å². The lowest BCUT2D eigenvalue weighted by Gasteiger charge is -2.36. The molecule has 0 aromatic heterocycles. The Morgan fingerprint density at radius 2 is 1.04 bits per heavy atom. The van der Waals surface area contributed by atoms with Gasteiger partial charge in [-0.05, 0) is 121 Å². The summed E-state index contributed by atoms with van der Waals surface area (Å²) in [6.07, 6.45) is 40.1. The van der Waals surface area contributed by atoms with Gasteiger partial charge in [-0.2, -0.15) is 0 Å². The summed E-state index contributed by atoms with van der Waals surface area (Å²) >= 11 is 0. The Balaban J connectivity index is -0.000000389. The number of ketones is 1. The minimum Gasteiger partial charge on any atom is -0.513 e. The van der Waals surface area contributed by atoms with Gasteiger partial charge in [0.2, 0.25) is 0 Å². The lowest BCUT2D eigenvalue weighted by atomic mass is 9.78. The third-order valence-corrected chi connectivity index (χ3v) is 13.3. The van der Waals surface area contributed by atoms with Crippen LogP contribution in [0.5, 0.6) is 0 Å². The first-order chi connectivity index (χ1) is 32.5. The number of hydrogen-bond acceptors (Lipinski definition) is 4. The van der Waals surface area contributed by atoms with Crippen molar-refractivity contribution in [3.63, 3.8) is 0 Å². The summed E-state index contributed by atoms with van der Waals surface area (Å²) in [5.41, 5.74) is 6.76. The zero-order valence-electron chi connectivity index (χ0n) is 49.9. The van der Waals surface area contributed by atoms with Gasteiger partial charge in [0.1, 0.15) is 0 Å². The average molecular weight is 948 g/mol. The second-order valence-corrected chi connectivity index (χ2v) is 19.0. The van der Waals surface area contributed by atoms with Gasteiger partial charge in [-0.15, -0.1) is 0 Å². The molecule has 0 amide bonds. The van der Waals surface area contributed by atoms with E-state index in [4.69, 9.17) is 5.11 Å². The fourth-order valence-corrected chi connectivity index (χ4v) is 8.46. The molecule has 0 aliphatic heterocycles. The summed E-state index contributed by atoms with van der Waals surface area (Å²) in [4.78, 5) is 16.0. The van der Waals surface area contributed by atoms with Gasteiger partial charge in [0.05, 0.1) is 11.8 Å². The first kappa shape index (κ1) is 74.4. The number of aliphatic hydroxyl groups excluding tert-OH is 1. The van der Waals surface area contributed by atoms with Crippen LogP contribution in [0.2, 0.25) is 0 Å². The van der Waals surface area contributed by atoms with Crippen LogP contribution < -0.4 is 5.32 Å². The number of rotatable bonds is 31. The molecule has 3 fully saturated rings. The molecule has 0 heterocycles. The van der Waals surface area contributed by atoms with Crippen molar-refractivity contribution in [3.8, 4) is 0 Å². The molecule has 4 nitrogen and oxygen atoms in total. The lowest BCUT2D eigenvalue weighted by Crippen LogP contribution is -2.46. The van der Waals surface area contributed by atoms with E-state index in [0.29, 0.717) is 18.1 Å². The summed E-state index contributed by atoms with van der Waals surface area (Å²) in [5, 5.41) is 12.0. The number of unbranched alkanes of at least 4 members (excludes halogenated alkanes) is 11. The van der Waals surface area contributed by atoms with Crippen LogP contribution in [-0.2, 0) is 4.79 Å². The highest BCUT2D eigenvalue weighted by molar-refractivity contribution is 5.87. The summed E-state index contributed by atoms with van der Waals surface area (Å²) in [7, 11) is 0. The third-order valence-electron chi connectivity index (χ3n) is 13.3. The molecule has 2 N–H and O–H groups in total. The number of carbonyl (C=O) groups excluding carboxylic acids is 1. The highest BCUT2D eigenvalue weighted by Crippen LogP contribution is 2.35. The van der Waals surface area contributed by atoms with Gasteiger partial charge in [-0.3, -0.25) is 9.69 Å². The van der Waals surface area contributed by atoms with Crippen molar-refractivity contribution in [3.05, 3.63) is 34.8 Å². The van der Waals surface area contributed by atoms with Crippen LogP contribution in [-0.4, -0.2) is 41.5 Å². The maximum Gasteiger partial charge on any atom is 0.153 e. The van der Waals surface area contributed by atoms with Gasteiger partial charge in [0.25, 0.3) is 0 Å². The van der Waals surface area contributed by atoms with Crippen LogP contribution >= 0.6 is 0 Å². The van der Waals surface area contributed by atoms with Crippen LogP contribution in [0.3, 0.4) is 0 Å². The Morgan fingerprint density at radius 1 is 0.597 bits per heavy atom. The highest BCUT2D eigenvalue weighted by atomic mass is 16.3. The van der Waals surface area contributed by atoms with E-state index in [2.05, 4.69) is 79.1 Å². The Bertz CT molecular complexity index is 1050. The molecular weight excluding hydrogens is 817 g/mol. The summed E-state index contributed by atoms with van der Waals surface area (Å²) in [5.74, 6) is 2.87. The molecule has 0 spiro atoms. The molecule has 0 bridgehead atoms. The Morgan fingerprint density at radius 3 is 1.37 bits per heavy atom. The van der Waals surface area contributed by atoms with Crippen LogP contribution in [0.15, 0.2) is 34.8 Å². The van der Waals surface area contributed by atoms with Crippen LogP contribution in [0, 0.1) is 17.8 Å². The molecule has 0 aromatic rings. The normalized spacial score (nSPS) is 14.1. The number of Topliss-reactive ketones (excluding diaryl/α,β-unsaturated/α-hetero) is 1. The SMILES string of the molecule is C=C(O)CC.CC.CC.CC.CC.CCCC(C)CC.CCCCCCC.CCCN(CCC)C(CCC(NCCCCCCCCCCC(=C1CCC1)C(C)C)=C1CCC1)C(=O)C1CCC1. The van der Waals surface area contributed by atoms with Crippen molar-refractivity contribution in [2.24, 2.45) is 17.8 Å². The Labute approximate surface area is 426 Å². The number of hydrogen-bond donors (Lipinski definition) is 2. The molecule has 3 rings (SSSR count). The molecule has 0 radical (unpaired) electrons. The van der Waals surface area contributed by atoms with Crippen LogP contribution in [0.1, 0.15) is 324 Å². The lowest BCUT2D eigenvalue weighted by molar-refractivity contribution is -0.131. The number of aliphatic hydroxyl groups is 1. The number of nitrogens with one attached hydrogen (secondary N) is 1. The Kier molecular flexibility index (Phi) is 65.3. The molecule has 404 valence electrons. The van der Waals surface area contributed by atoms with Crippen molar-refractivity contribution in [2.45, 2.75) is 330 Å². The fourth-order valence-electron chi connectivity index (χ4n) is 8.46. The molecule has 0 saturated heterocycles. The van der Waals surface area contributed by atoms with Gasteiger partial charge in [0, 0.05) is 24.6 Å². The van der Waals surface area contributed by atoms with Gasteiger partial charge in [-0.1, -0.05) is 244 Å². The molecule has 3 saturated carbocycles.